The summed E-state index contributed by atoms with van der Waals surface area (Å²) in [7, 11) is -1.14. The summed E-state index contributed by atoms with van der Waals surface area (Å²) in [6.07, 6.45) is 0.965. The highest BCUT2D eigenvalue weighted by Gasteiger charge is 2.20. The van der Waals surface area contributed by atoms with Gasteiger partial charge in [-0.2, -0.15) is 0 Å². The molecular formula is C20H35IN4O3S. The lowest BCUT2D eigenvalue weighted by Gasteiger charge is -2.26. The Hall–Kier alpha value is -1.07. The summed E-state index contributed by atoms with van der Waals surface area (Å²) < 4.78 is 28.2. The van der Waals surface area contributed by atoms with E-state index in [1.807, 2.05) is 19.1 Å². The van der Waals surface area contributed by atoms with Gasteiger partial charge in [0.2, 0.25) is 0 Å². The van der Waals surface area contributed by atoms with Crippen LogP contribution in [0.5, 0.6) is 5.75 Å². The number of nitrogens with one attached hydrogen (secondary N) is 2. The maximum Gasteiger partial charge on any atom is 0.191 e. The Balaban J connectivity index is 0.00000420. The van der Waals surface area contributed by atoms with Crippen LogP contribution in [-0.2, 0) is 9.84 Å². The lowest BCUT2D eigenvalue weighted by molar-refractivity contribution is 0.299. The molecule has 9 heteroatoms. The molecule has 0 radical (unpaired) electrons. The Kier molecular flexibility index (Phi) is 11.9. The number of nitrogens with zero attached hydrogens (tertiary/aromatic N) is 2. The van der Waals surface area contributed by atoms with Gasteiger partial charge in [-0.05, 0) is 37.0 Å². The zero-order valence-electron chi connectivity index (χ0n) is 17.7. The van der Waals surface area contributed by atoms with Gasteiger partial charge in [0.15, 0.2) is 15.8 Å². The van der Waals surface area contributed by atoms with Crippen LogP contribution in [0.2, 0.25) is 0 Å². The summed E-state index contributed by atoms with van der Waals surface area (Å²) in [6.45, 7) is 8.62. The van der Waals surface area contributed by atoms with E-state index in [0.29, 0.717) is 19.0 Å². The fraction of sp³-hybridized carbons (Fsp3) is 0.650. The molecular weight excluding hydrogens is 503 g/mol. The van der Waals surface area contributed by atoms with E-state index in [4.69, 9.17) is 4.74 Å². The van der Waals surface area contributed by atoms with Crippen LogP contribution < -0.4 is 15.4 Å². The molecule has 0 amide bonds. The molecule has 0 saturated carbocycles. The summed E-state index contributed by atoms with van der Waals surface area (Å²) in [5.74, 6) is 2.65. The SMILES string of the molecule is CCNC(=NCCC(C)c1ccc(OC)cc1)NCCN1CCS(=O)(=O)CC1.I. The smallest absolute Gasteiger partial charge is 0.191 e. The highest BCUT2D eigenvalue weighted by atomic mass is 127. The number of rotatable bonds is 9. The average molecular weight is 538 g/mol. The molecule has 1 aromatic carbocycles. The third-order valence-corrected chi connectivity index (χ3v) is 6.63. The van der Waals surface area contributed by atoms with E-state index in [2.05, 4.69) is 39.6 Å². The Bertz CT molecular complexity index is 712. The third kappa shape index (κ3) is 9.52. The molecule has 0 bridgehead atoms. The van der Waals surface area contributed by atoms with E-state index < -0.39 is 9.84 Å². The zero-order valence-corrected chi connectivity index (χ0v) is 20.8. The minimum atomic E-state index is -2.82. The van der Waals surface area contributed by atoms with Gasteiger partial charge in [0.1, 0.15) is 5.75 Å². The number of aliphatic imine (C=N–C) groups is 1. The molecule has 1 aromatic rings. The molecule has 0 aromatic heterocycles. The number of sulfone groups is 1. The normalized spacial score (nSPS) is 17.8. The van der Waals surface area contributed by atoms with Gasteiger partial charge < -0.3 is 15.4 Å². The van der Waals surface area contributed by atoms with Crippen LogP contribution in [0.3, 0.4) is 0 Å². The molecule has 1 fully saturated rings. The first-order chi connectivity index (χ1) is 13.4. The number of ether oxygens (including phenoxy) is 1. The molecule has 0 spiro atoms. The summed E-state index contributed by atoms with van der Waals surface area (Å²) in [6, 6.07) is 8.20. The van der Waals surface area contributed by atoms with Gasteiger partial charge in [-0.25, -0.2) is 8.42 Å². The van der Waals surface area contributed by atoms with Crippen LogP contribution in [-0.4, -0.2) is 77.2 Å². The number of hydrogen-bond acceptors (Lipinski definition) is 5. The molecule has 1 aliphatic heterocycles. The Morgan fingerprint density at radius 1 is 1.21 bits per heavy atom. The summed E-state index contributed by atoms with van der Waals surface area (Å²) in [5, 5.41) is 6.62. The zero-order chi connectivity index (χ0) is 20.4. The first-order valence-corrected chi connectivity index (χ1v) is 11.8. The van der Waals surface area contributed by atoms with Crippen LogP contribution in [0.1, 0.15) is 31.7 Å². The number of halogens is 1. The monoisotopic (exact) mass is 538 g/mol. The second kappa shape index (κ2) is 13.3. The van der Waals surface area contributed by atoms with Crippen molar-refractivity contribution in [2.75, 3.05) is 57.9 Å². The average Bonchev–Trinajstić information content (AvgIpc) is 2.69. The van der Waals surface area contributed by atoms with Gasteiger partial charge in [-0.3, -0.25) is 9.89 Å². The molecule has 0 aliphatic carbocycles. The van der Waals surface area contributed by atoms with Crippen molar-refractivity contribution in [3.8, 4) is 5.75 Å². The predicted molar refractivity (Wildman–Crippen MR) is 131 cm³/mol. The Morgan fingerprint density at radius 2 is 1.86 bits per heavy atom. The predicted octanol–water partition coefficient (Wildman–Crippen LogP) is 2.09. The van der Waals surface area contributed by atoms with Crippen LogP contribution in [0, 0.1) is 0 Å². The Morgan fingerprint density at radius 3 is 2.45 bits per heavy atom. The first-order valence-electron chi connectivity index (χ1n) is 10.0. The quantitative estimate of drug-likeness (QED) is 0.285. The van der Waals surface area contributed by atoms with Gasteiger partial charge in [0, 0.05) is 39.3 Å². The fourth-order valence-corrected chi connectivity index (χ4v) is 4.39. The summed E-state index contributed by atoms with van der Waals surface area (Å²) in [4.78, 5) is 6.86. The van der Waals surface area contributed by atoms with Crippen molar-refractivity contribution >= 4 is 39.8 Å². The van der Waals surface area contributed by atoms with Gasteiger partial charge in [-0.1, -0.05) is 19.1 Å². The Labute approximate surface area is 192 Å². The van der Waals surface area contributed by atoms with Crippen molar-refractivity contribution in [1.29, 1.82) is 0 Å². The standard InChI is InChI=1S/C20H34N4O3S.HI/c1-4-21-20(23-11-12-24-13-15-28(25,26)16-14-24)22-10-9-17(2)18-5-7-19(27-3)8-6-18;/h5-8,17H,4,9-16H2,1-3H3,(H2,21,22,23);1H. The van der Waals surface area contributed by atoms with E-state index in [1.165, 1.54) is 5.56 Å². The van der Waals surface area contributed by atoms with Crippen LogP contribution in [0.25, 0.3) is 0 Å². The number of benzene rings is 1. The second-order valence-corrected chi connectivity index (χ2v) is 9.45. The molecule has 1 aliphatic rings. The first kappa shape index (κ1) is 26.0. The van der Waals surface area contributed by atoms with E-state index in [9.17, 15) is 8.42 Å². The molecule has 1 atom stereocenters. The van der Waals surface area contributed by atoms with Crippen molar-refractivity contribution in [3.05, 3.63) is 29.8 Å². The minimum Gasteiger partial charge on any atom is -0.497 e. The van der Waals surface area contributed by atoms with Gasteiger partial charge >= 0.3 is 0 Å². The molecule has 29 heavy (non-hydrogen) atoms. The van der Waals surface area contributed by atoms with Crippen molar-refractivity contribution in [2.24, 2.45) is 4.99 Å². The lowest BCUT2D eigenvalue weighted by Crippen LogP contribution is -2.46. The number of hydrogen-bond donors (Lipinski definition) is 2. The van der Waals surface area contributed by atoms with E-state index in [1.54, 1.807) is 7.11 Å². The van der Waals surface area contributed by atoms with Crippen molar-refractivity contribution < 1.29 is 13.2 Å². The molecule has 1 saturated heterocycles. The van der Waals surface area contributed by atoms with Crippen molar-refractivity contribution in [2.45, 2.75) is 26.2 Å². The van der Waals surface area contributed by atoms with Crippen LogP contribution >= 0.6 is 24.0 Å². The lowest BCUT2D eigenvalue weighted by atomic mass is 9.98. The molecule has 2 N–H and O–H groups in total. The molecule has 1 heterocycles. The fourth-order valence-electron chi connectivity index (χ4n) is 3.12. The van der Waals surface area contributed by atoms with Crippen molar-refractivity contribution in [1.82, 2.24) is 15.5 Å². The number of guanidine groups is 1. The highest BCUT2D eigenvalue weighted by Crippen LogP contribution is 2.21. The van der Waals surface area contributed by atoms with Gasteiger partial charge in [-0.15, -0.1) is 24.0 Å². The van der Waals surface area contributed by atoms with Gasteiger partial charge in [0.05, 0.1) is 18.6 Å². The minimum absolute atomic E-state index is 0. The second-order valence-electron chi connectivity index (χ2n) is 7.14. The van der Waals surface area contributed by atoms with E-state index in [0.717, 1.165) is 44.3 Å². The van der Waals surface area contributed by atoms with Crippen LogP contribution in [0.15, 0.2) is 29.3 Å². The molecule has 1 unspecified atom stereocenters. The maximum absolute atomic E-state index is 11.5. The molecule has 2 rings (SSSR count). The van der Waals surface area contributed by atoms with Crippen molar-refractivity contribution in [3.63, 3.8) is 0 Å². The number of methoxy groups -OCH3 is 1. The maximum atomic E-state index is 11.5. The largest absolute Gasteiger partial charge is 0.497 e. The van der Waals surface area contributed by atoms with E-state index >= 15 is 0 Å². The van der Waals surface area contributed by atoms with Gasteiger partial charge in [0.25, 0.3) is 0 Å². The van der Waals surface area contributed by atoms with E-state index in [-0.39, 0.29) is 35.5 Å². The van der Waals surface area contributed by atoms with Crippen LogP contribution in [0.4, 0.5) is 0 Å². The summed E-state index contributed by atoms with van der Waals surface area (Å²) >= 11 is 0. The molecule has 7 nitrogen and oxygen atoms in total. The summed E-state index contributed by atoms with van der Waals surface area (Å²) in [5.41, 5.74) is 1.29. The highest BCUT2D eigenvalue weighted by molar-refractivity contribution is 14.0. The molecule has 166 valence electrons. The topological polar surface area (TPSA) is 83.0 Å². The third-order valence-electron chi connectivity index (χ3n) is 5.02.